The normalized spacial score (nSPS) is 21.9. The summed E-state index contributed by atoms with van der Waals surface area (Å²) < 4.78 is 4.88. The van der Waals surface area contributed by atoms with E-state index in [1.807, 2.05) is 29.2 Å². The molecule has 4 heterocycles. The summed E-state index contributed by atoms with van der Waals surface area (Å²) in [6, 6.07) is 10.8. The van der Waals surface area contributed by atoms with Gasteiger partial charge in [-0.2, -0.15) is 10.8 Å². The molecular formula is C30H34N7O3+. The molecule has 2 aromatic rings. The number of pyridine rings is 1. The number of hydrogen-bond acceptors (Lipinski definition) is 7. The number of likely N-dealkylation sites (tertiary alicyclic amines) is 1. The maximum Gasteiger partial charge on any atom is 0.264 e. The first-order chi connectivity index (χ1) is 19.3. The predicted octanol–water partition coefficient (Wildman–Crippen LogP) is 3.87. The third-order valence-corrected chi connectivity index (χ3v) is 7.29. The summed E-state index contributed by atoms with van der Waals surface area (Å²) in [6.07, 6.45) is 11.7. The number of rotatable bonds is 8. The van der Waals surface area contributed by atoms with Gasteiger partial charge in [-0.3, -0.25) is 14.6 Å². The summed E-state index contributed by atoms with van der Waals surface area (Å²) in [5.74, 6) is 8.00. The Labute approximate surface area is 233 Å². The Morgan fingerprint density at radius 3 is 2.80 bits per heavy atom. The third kappa shape index (κ3) is 5.29. The molecule has 40 heavy (non-hydrogen) atoms. The van der Waals surface area contributed by atoms with E-state index in [0.717, 1.165) is 35.4 Å². The summed E-state index contributed by atoms with van der Waals surface area (Å²) in [5, 5.41) is 2.88. The van der Waals surface area contributed by atoms with Crippen molar-refractivity contribution in [3.63, 3.8) is 0 Å². The van der Waals surface area contributed by atoms with Gasteiger partial charge in [-0.15, -0.1) is 4.59 Å². The number of methoxy groups -OCH3 is 1. The molecule has 10 nitrogen and oxygen atoms in total. The highest BCUT2D eigenvalue weighted by Crippen LogP contribution is 2.37. The van der Waals surface area contributed by atoms with E-state index in [9.17, 15) is 9.59 Å². The van der Waals surface area contributed by atoms with Gasteiger partial charge < -0.3 is 15.0 Å². The van der Waals surface area contributed by atoms with Gasteiger partial charge >= 0.3 is 0 Å². The van der Waals surface area contributed by atoms with E-state index in [1.54, 1.807) is 56.2 Å². The van der Waals surface area contributed by atoms with Crippen molar-refractivity contribution in [2.24, 2.45) is 15.8 Å². The van der Waals surface area contributed by atoms with Gasteiger partial charge in [-0.1, -0.05) is 19.9 Å². The largest absolute Gasteiger partial charge is 0.381 e. The molecule has 3 aliphatic heterocycles. The molecule has 3 aliphatic rings. The second kappa shape index (κ2) is 11.5. The molecule has 0 spiro atoms. The van der Waals surface area contributed by atoms with Gasteiger partial charge in [0.1, 0.15) is 17.7 Å². The lowest BCUT2D eigenvalue weighted by Crippen LogP contribution is -2.53. The van der Waals surface area contributed by atoms with Crippen LogP contribution in [0.5, 0.6) is 0 Å². The summed E-state index contributed by atoms with van der Waals surface area (Å²) in [4.78, 5) is 41.3. The van der Waals surface area contributed by atoms with Crippen molar-refractivity contribution in [3.8, 4) is 0 Å². The molecular weight excluding hydrogens is 506 g/mol. The molecule has 2 unspecified atom stereocenters. The Bertz CT molecular complexity index is 1460. The zero-order valence-corrected chi connectivity index (χ0v) is 22.9. The van der Waals surface area contributed by atoms with Crippen LogP contribution in [0, 0.1) is 0 Å². The molecule has 1 fully saturated rings. The molecule has 0 aliphatic carbocycles. The monoisotopic (exact) mass is 540 g/mol. The molecule has 1 saturated heterocycles. The van der Waals surface area contributed by atoms with Gasteiger partial charge in [0, 0.05) is 31.5 Å². The second-order valence-electron chi connectivity index (χ2n) is 10.3. The molecule has 0 saturated carbocycles. The zero-order chi connectivity index (χ0) is 28.3. The van der Waals surface area contributed by atoms with Gasteiger partial charge in [0.25, 0.3) is 11.7 Å². The van der Waals surface area contributed by atoms with Crippen molar-refractivity contribution in [2.45, 2.75) is 38.6 Å². The first-order valence-corrected chi connectivity index (χ1v) is 13.4. The Morgan fingerprint density at radius 1 is 1.25 bits per heavy atom. The van der Waals surface area contributed by atoms with Crippen molar-refractivity contribution >= 4 is 29.7 Å². The first-order valence-electron chi connectivity index (χ1n) is 13.4. The zero-order valence-electron chi connectivity index (χ0n) is 22.9. The highest BCUT2D eigenvalue weighted by Gasteiger charge is 2.48. The van der Waals surface area contributed by atoms with E-state index in [0.29, 0.717) is 36.3 Å². The highest BCUT2D eigenvalue weighted by molar-refractivity contribution is 6.05. The summed E-state index contributed by atoms with van der Waals surface area (Å²) >= 11 is 0. The van der Waals surface area contributed by atoms with Crippen LogP contribution in [-0.4, -0.2) is 64.6 Å². The fourth-order valence-corrected chi connectivity index (χ4v) is 5.14. The number of ether oxygens (including phenoxy) is 1. The molecule has 2 atom stereocenters. The van der Waals surface area contributed by atoms with E-state index in [4.69, 9.17) is 15.6 Å². The van der Waals surface area contributed by atoms with Crippen molar-refractivity contribution < 1.29 is 18.9 Å². The van der Waals surface area contributed by atoms with E-state index >= 15 is 0 Å². The summed E-state index contributed by atoms with van der Waals surface area (Å²) in [7, 11) is 1.59. The van der Waals surface area contributed by atoms with Crippen molar-refractivity contribution in [1.29, 1.82) is 0 Å². The Balaban J connectivity index is 1.39. The number of carbonyl (C=O) groups is 2. The number of fused-ring (bicyclic) bond motifs is 1. The second-order valence-corrected chi connectivity index (χ2v) is 10.3. The van der Waals surface area contributed by atoms with Gasteiger partial charge in [0.15, 0.2) is 0 Å². The summed E-state index contributed by atoms with van der Waals surface area (Å²) in [6.45, 7) is 5.19. The number of anilines is 1. The number of aliphatic imine (C=N–C) groups is 2. The van der Waals surface area contributed by atoms with E-state index in [-0.39, 0.29) is 22.4 Å². The number of benzene rings is 1. The predicted molar refractivity (Wildman–Crippen MR) is 154 cm³/mol. The molecule has 5 rings (SSSR count). The number of allylic oxidation sites excluding steroid dienone is 1. The smallest absolute Gasteiger partial charge is 0.264 e. The number of amides is 2. The first kappa shape index (κ1) is 27.3. The van der Waals surface area contributed by atoms with Crippen LogP contribution in [0.15, 0.2) is 88.5 Å². The maximum absolute atomic E-state index is 12.9. The SMILES string of the molecule is COC/C=C/C(=O)N1CCCC1C1=C2C=NC=C[N+]2(N)C(c2ccc(C(=O)Nc3cc(C(C)C)ccn3)cc2)=N1. The standard InChI is InChI=1S/C30H33N7O3/c1-20(2)23-12-13-33-26(18-23)34-30(39)22-10-8-21(9-11-22)29-35-28(25-19-32-14-16-37(25,29)31)24-6-4-15-36(24)27(38)7-5-17-40-3/h5,7-14,16,18-20,24H,4,6,15,17,31H2,1-3H3/p+1/b7-5+. The third-order valence-electron chi connectivity index (χ3n) is 7.29. The highest BCUT2D eigenvalue weighted by atomic mass is 16.5. The van der Waals surface area contributed by atoms with Crippen LogP contribution in [-0.2, 0) is 9.53 Å². The number of carbonyl (C=O) groups excluding carboxylic acids is 2. The summed E-state index contributed by atoms with van der Waals surface area (Å²) in [5.41, 5.74) is 3.81. The molecule has 0 radical (unpaired) electrons. The van der Waals surface area contributed by atoms with Crippen LogP contribution in [0.1, 0.15) is 54.1 Å². The van der Waals surface area contributed by atoms with Crippen LogP contribution in [0.4, 0.5) is 5.82 Å². The van der Waals surface area contributed by atoms with E-state index < -0.39 is 0 Å². The van der Waals surface area contributed by atoms with Crippen LogP contribution in [0.2, 0.25) is 0 Å². The average molecular weight is 541 g/mol. The van der Waals surface area contributed by atoms with Crippen molar-refractivity contribution in [1.82, 2.24) is 9.88 Å². The molecule has 2 amide bonds. The lowest BCUT2D eigenvalue weighted by atomic mass is 10.1. The van der Waals surface area contributed by atoms with Gasteiger partial charge in [-0.05, 0) is 60.7 Å². The quantitative estimate of drug-likeness (QED) is 0.299. The number of nitrogens with two attached hydrogens (primary N) is 1. The number of nitrogens with one attached hydrogen (secondary N) is 1. The van der Waals surface area contributed by atoms with Crippen LogP contribution in [0.3, 0.4) is 0 Å². The fraction of sp³-hybridized carbons (Fsp3) is 0.300. The molecule has 10 heteroatoms. The lowest BCUT2D eigenvalue weighted by molar-refractivity contribution is -0.750. The van der Waals surface area contributed by atoms with E-state index in [1.165, 1.54) is 0 Å². The van der Waals surface area contributed by atoms with Crippen molar-refractivity contribution in [2.75, 3.05) is 25.6 Å². The topological polar surface area (TPSA) is 122 Å². The molecule has 3 N–H and O–H groups in total. The number of amidine groups is 1. The van der Waals surface area contributed by atoms with Gasteiger partial charge in [0.2, 0.25) is 11.6 Å². The molecule has 1 aromatic carbocycles. The van der Waals surface area contributed by atoms with Crippen LogP contribution < -0.4 is 11.2 Å². The minimum atomic E-state index is -0.254. The Morgan fingerprint density at radius 2 is 2.05 bits per heavy atom. The lowest BCUT2D eigenvalue weighted by Gasteiger charge is -2.27. The van der Waals surface area contributed by atoms with E-state index in [2.05, 4.69) is 29.1 Å². The van der Waals surface area contributed by atoms with Crippen LogP contribution in [0.25, 0.3) is 0 Å². The van der Waals surface area contributed by atoms with Crippen LogP contribution >= 0.6 is 0 Å². The maximum atomic E-state index is 12.9. The minimum Gasteiger partial charge on any atom is -0.381 e. The molecule has 206 valence electrons. The Kier molecular flexibility index (Phi) is 7.83. The number of hydrogen-bond donors (Lipinski definition) is 2. The number of nitrogens with zero attached hydrogens (tertiary/aromatic N) is 5. The molecule has 0 bridgehead atoms. The number of quaternary nitrogens is 1. The number of aromatic nitrogens is 1. The Hall–Kier alpha value is -4.25. The molecule has 1 aromatic heterocycles. The fourth-order valence-electron chi connectivity index (χ4n) is 5.14. The van der Waals surface area contributed by atoms with Gasteiger partial charge in [-0.25, -0.2) is 4.98 Å². The average Bonchev–Trinajstić information content (AvgIpc) is 3.56. The van der Waals surface area contributed by atoms with Crippen molar-refractivity contribution in [3.05, 3.63) is 95.2 Å². The van der Waals surface area contributed by atoms with Gasteiger partial charge in [0.05, 0.1) is 30.6 Å². The minimum absolute atomic E-state index is 0.0847.